The van der Waals surface area contributed by atoms with E-state index in [0.29, 0.717) is 6.10 Å². The SMILES string of the molecule is COc1cccc(CC(Cl)CCC2CCCCO2)c1. The van der Waals surface area contributed by atoms with Crippen LogP contribution in [0.5, 0.6) is 5.75 Å². The number of hydrogen-bond acceptors (Lipinski definition) is 2. The summed E-state index contributed by atoms with van der Waals surface area (Å²) in [5.74, 6) is 0.900. The maximum atomic E-state index is 6.43. The number of benzene rings is 1. The smallest absolute Gasteiger partial charge is 0.119 e. The lowest BCUT2D eigenvalue weighted by atomic mass is 10.0. The predicted molar refractivity (Wildman–Crippen MR) is 79.2 cm³/mol. The fraction of sp³-hybridized carbons (Fsp3) is 0.625. The Kier molecular flexibility index (Phi) is 5.99. The number of alkyl halides is 1. The van der Waals surface area contributed by atoms with Gasteiger partial charge >= 0.3 is 0 Å². The summed E-state index contributed by atoms with van der Waals surface area (Å²) in [5.41, 5.74) is 1.24. The first-order valence-corrected chi connectivity index (χ1v) is 7.60. The van der Waals surface area contributed by atoms with E-state index in [1.165, 1.54) is 24.8 Å². The highest BCUT2D eigenvalue weighted by Gasteiger charge is 2.16. The third kappa shape index (κ3) is 5.04. The number of hydrogen-bond donors (Lipinski definition) is 0. The van der Waals surface area contributed by atoms with E-state index in [9.17, 15) is 0 Å². The van der Waals surface area contributed by atoms with Crippen LogP contribution in [0, 0.1) is 0 Å². The topological polar surface area (TPSA) is 18.5 Å². The molecule has 2 nitrogen and oxygen atoms in total. The van der Waals surface area contributed by atoms with Crippen molar-refractivity contribution < 1.29 is 9.47 Å². The highest BCUT2D eigenvalue weighted by molar-refractivity contribution is 6.20. The minimum atomic E-state index is 0.178. The van der Waals surface area contributed by atoms with E-state index in [-0.39, 0.29) is 5.38 Å². The molecule has 0 aromatic heterocycles. The second-order valence-corrected chi connectivity index (χ2v) is 5.84. The second kappa shape index (κ2) is 7.76. The molecule has 1 aliphatic rings. The average Bonchev–Trinajstić information content (AvgIpc) is 2.46. The molecule has 0 aliphatic carbocycles. The van der Waals surface area contributed by atoms with Gasteiger partial charge in [-0.05, 0) is 56.2 Å². The number of ether oxygens (including phenoxy) is 2. The van der Waals surface area contributed by atoms with Crippen LogP contribution in [0.15, 0.2) is 24.3 Å². The molecule has 0 saturated carbocycles. The molecule has 1 fully saturated rings. The summed E-state index contributed by atoms with van der Waals surface area (Å²) >= 11 is 6.43. The molecule has 3 heteroatoms. The Morgan fingerprint density at radius 1 is 1.42 bits per heavy atom. The minimum absolute atomic E-state index is 0.178. The highest BCUT2D eigenvalue weighted by atomic mass is 35.5. The van der Waals surface area contributed by atoms with Gasteiger partial charge in [-0.15, -0.1) is 11.6 Å². The predicted octanol–water partition coefficient (Wildman–Crippen LogP) is 4.19. The minimum Gasteiger partial charge on any atom is -0.497 e. The first kappa shape index (κ1) is 14.7. The van der Waals surface area contributed by atoms with E-state index in [0.717, 1.165) is 31.6 Å². The van der Waals surface area contributed by atoms with Gasteiger partial charge in [-0.1, -0.05) is 12.1 Å². The molecular formula is C16H23ClO2. The van der Waals surface area contributed by atoms with Crippen molar-refractivity contribution in [3.05, 3.63) is 29.8 Å². The maximum absolute atomic E-state index is 6.43. The first-order chi connectivity index (χ1) is 9.28. The molecule has 2 unspecified atom stereocenters. The summed E-state index contributed by atoms with van der Waals surface area (Å²) in [6.45, 7) is 0.924. The van der Waals surface area contributed by atoms with Crippen LogP contribution in [-0.2, 0) is 11.2 Å². The maximum Gasteiger partial charge on any atom is 0.119 e. The average molecular weight is 283 g/mol. The van der Waals surface area contributed by atoms with Gasteiger partial charge in [0, 0.05) is 12.0 Å². The molecule has 0 N–H and O–H groups in total. The van der Waals surface area contributed by atoms with Crippen molar-refractivity contribution >= 4 is 11.6 Å². The summed E-state index contributed by atoms with van der Waals surface area (Å²) in [7, 11) is 1.69. The monoisotopic (exact) mass is 282 g/mol. The van der Waals surface area contributed by atoms with Gasteiger partial charge in [0.25, 0.3) is 0 Å². The van der Waals surface area contributed by atoms with Gasteiger partial charge in [0.15, 0.2) is 0 Å². The Morgan fingerprint density at radius 2 is 2.32 bits per heavy atom. The van der Waals surface area contributed by atoms with E-state index in [1.54, 1.807) is 7.11 Å². The Labute approximate surface area is 121 Å². The zero-order valence-corrected chi connectivity index (χ0v) is 12.4. The summed E-state index contributed by atoms with van der Waals surface area (Å²) in [4.78, 5) is 0. The van der Waals surface area contributed by atoms with E-state index >= 15 is 0 Å². The molecule has 2 atom stereocenters. The molecule has 0 amide bonds. The standard InChI is InChI=1S/C16H23ClO2/c1-18-16-7-4-5-13(12-16)11-14(17)8-9-15-6-2-3-10-19-15/h4-5,7,12,14-15H,2-3,6,8-11H2,1H3. The van der Waals surface area contributed by atoms with E-state index in [4.69, 9.17) is 21.1 Å². The van der Waals surface area contributed by atoms with Crippen LogP contribution in [0.2, 0.25) is 0 Å². The van der Waals surface area contributed by atoms with Crippen LogP contribution in [0.4, 0.5) is 0 Å². The molecule has 1 aromatic carbocycles. The molecule has 19 heavy (non-hydrogen) atoms. The van der Waals surface area contributed by atoms with Crippen molar-refractivity contribution in [2.24, 2.45) is 0 Å². The summed E-state index contributed by atoms with van der Waals surface area (Å²) in [6, 6.07) is 8.14. The van der Waals surface area contributed by atoms with Gasteiger partial charge in [-0.25, -0.2) is 0 Å². The van der Waals surface area contributed by atoms with Gasteiger partial charge in [-0.2, -0.15) is 0 Å². The van der Waals surface area contributed by atoms with Gasteiger partial charge in [0.05, 0.1) is 13.2 Å². The van der Waals surface area contributed by atoms with Gasteiger partial charge < -0.3 is 9.47 Å². The van der Waals surface area contributed by atoms with Crippen LogP contribution < -0.4 is 4.74 Å². The number of methoxy groups -OCH3 is 1. The number of rotatable bonds is 6. The largest absolute Gasteiger partial charge is 0.497 e. The van der Waals surface area contributed by atoms with Crippen molar-refractivity contribution in [2.45, 2.75) is 50.0 Å². The summed E-state index contributed by atoms with van der Waals surface area (Å²) in [5, 5.41) is 0.178. The van der Waals surface area contributed by atoms with E-state index in [2.05, 4.69) is 12.1 Å². The fourth-order valence-corrected chi connectivity index (χ4v) is 2.86. The Hall–Kier alpha value is -0.730. The molecule has 1 aliphatic heterocycles. The molecular weight excluding hydrogens is 260 g/mol. The molecule has 0 radical (unpaired) electrons. The van der Waals surface area contributed by atoms with Crippen molar-refractivity contribution in [2.75, 3.05) is 13.7 Å². The van der Waals surface area contributed by atoms with Crippen LogP contribution in [0.1, 0.15) is 37.7 Å². The summed E-state index contributed by atoms with van der Waals surface area (Å²) in [6.07, 6.45) is 7.13. The molecule has 0 bridgehead atoms. The van der Waals surface area contributed by atoms with Crippen molar-refractivity contribution in [3.63, 3.8) is 0 Å². The Balaban J connectivity index is 1.75. The third-order valence-electron chi connectivity index (χ3n) is 3.67. The summed E-state index contributed by atoms with van der Waals surface area (Å²) < 4.78 is 11.0. The molecule has 1 heterocycles. The lowest BCUT2D eigenvalue weighted by Gasteiger charge is -2.23. The van der Waals surface area contributed by atoms with Crippen LogP contribution >= 0.6 is 11.6 Å². The van der Waals surface area contributed by atoms with Crippen molar-refractivity contribution in [1.29, 1.82) is 0 Å². The molecule has 0 spiro atoms. The van der Waals surface area contributed by atoms with Gasteiger partial charge in [0.2, 0.25) is 0 Å². The highest BCUT2D eigenvalue weighted by Crippen LogP contribution is 2.22. The van der Waals surface area contributed by atoms with Crippen LogP contribution in [-0.4, -0.2) is 25.2 Å². The Bertz CT molecular complexity index is 375. The van der Waals surface area contributed by atoms with Crippen molar-refractivity contribution in [3.8, 4) is 5.75 Å². The third-order valence-corrected chi connectivity index (χ3v) is 4.04. The van der Waals surface area contributed by atoms with Gasteiger partial charge in [0.1, 0.15) is 5.75 Å². The lowest BCUT2D eigenvalue weighted by molar-refractivity contribution is 0.0100. The Morgan fingerprint density at radius 3 is 3.05 bits per heavy atom. The lowest BCUT2D eigenvalue weighted by Crippen LogP contribution is -2.20. The molecule has 106 valence electrons. The second-order valence-electron chi connectivity index (χ2n) is 5.22. The fourth-order valence-electron chi connectivity index (χ4n) is 2.56. The molecule has 2 rings (SSSR count). The number of halogens is 1. The molecule has 1 aromatic rings. The zero-order valence-electron chi connectivity index (χ0n) is 11.6. The van der Waals surface area contributed by atoms with Crippen LogP contribution in [0.3, 0.4) is 0 Å². The molecule has 1 saturated heterocycles. The van der Waals surface area contributed by atoms with Crippen molar-refractivity contribution in [1.82, 2.24) is 0 Å². The zero-order chi connectivity index (χ0) is 13.5. The first-order valence-electron chi connectivity index (χ1n) is 7.16. The van der Waals surface area contributed by atoms with Crippen LogP contribution in [0.25, 0.3) is 0 Å². The van der Waals surface area contributed by atoms with E-state index in [1.807, 2.05) is 12.1 Å². The normalized spacial score (nSPS) is 21.1. The van der Waals surface area contributed by atoms with E-state index < -0.39 is 0 Å². The quantitative estimate of drug-likeness (QED) is 0.728. The van der Waals surface area contributed by atoms with Gasteiger partial charge in [-0.3, -0.25) is 0 Å².